The van der Waals surface area contributed by atoms with Crippen LogP contribution in [0.3, 0.4) is 0 Å². The van der Waals surface area contributed by atoms with Gasteiger partial charge in [0.15, 0.2) is 6.61 Å². The topological polar surface area (TPSA) is 113 Å². The zero-order chi connectivity index (χ0) is 25.6. The van der Waals surface area contributed by atoms with Crippen LogP contribution in [0.1, 0.15) is 29.7 Å². The van der Waals surface area contributed by atoms with Crippen molar-refractivity contribution in [3.63, 3.8) is 0 Å². The van der Waals surface area contributed by atoms with Gasteiger partial charge in [-0.25, -0.2) is 13.2 Å². The van der Waals surface area contributed by atoms with Crippen molar-refractivity contribution in [1.82, 2.24) is 5.32 Å². The van der Waals surface area contributed by atoms with Crippen LogP contribution in [0.2, 0.25) is 5.02 Å². The van der Waals surface area contributed by atoms with Gasteiger partial charge in [0.1, 0.15) is 5.75 Å². The third kappa shape index (κ3) is 7.94. The van der Waals surface area contributed by atoms with Gasteiger partial charge in [0, 0.05) is 17.6 Å². The highest BCUT2D eigenvalue weighted by molar-refractivity contribution is 7.91. The molecule has 0 saturated carbocycles. The van der Waals surface area contributed by atoms with Crippen LogP contribution < -0.4 is 10.1 Å². The summed E-state index contributed by atoms with van der Waals surface area (Å²) in [6.07, 6.45) is -0.0369. The summed E-state index contributed by atoms with van der Waals surface area (Å²) >= 11 is 5.98. The zero-order valence-corrected chi connectivity index (χ0v) is 22.2. The average Bonchev–Trinajstić information content (AvgIpc) is 2.82. The summed E-state index contributed by atoms with van der Waals surface area (Å²) < 4.78 is 31.3. The van der Waals surface area contributed by atoms with Crippen molar-refractivity contribution in [2.75, 3.05) is 13.2 Å². The van der Waals surface area contributed by atoms with Crippen LogP contribution in [-0.4, -0.2) is 43.8 Å². The molecule has 0 aliphatic carbocycles. The predicted molar refractivity (Wildman–Crippen MR) is 141 cm³/mol. The molecular formula is C26H29Cl2NO6S. The molecule has 0 fully saturated rings. The van der Waals surface area contributed by atoms with Gasteiger partial charge in [-0.2, -0.15) is 0 Å². The zero-order valence-electron chi connectivity index (χ0n) is 19.8. The minimum Gasteiger partial charge on any atom is -0.482 e. The molecule has 0 aromatic heterocycles. The Labute approximate surface area is 222 Å². The van der Waals surface area contributed by atoms with Crippen LogP contribution >= 0.6 is 24.0 Å². The van der Waals surface area contributed by atoms with E-state index in [0.717, 1.165) is 11.1 Å². The van der Waals surface area contributed by atoms with Crippen molar-refractivity contribution in [3.8, 4) is 5.75 Å². The lowest BCUT2D eigenvalue weighted by atomic mass is 10.1. The Bertz CT molecular complexity index is 1280. The number of benzene rings is 3. The molecule has 0 radical (unpaired) electrons. The quantitative estimate of drug-likeness (QED) is 0.317. The lowest BCUT2D eigenvalue weighted by Gasteiger charge is -2.18. The molecule has 3 N–H and O–H groups in total. The van der Waals surface area contributed by atoms with Gasteiger partial charge >= 0.3 is 5.97 Å². The first-order valence-corrected chi connectivity index (χ1v) is 12.9. The second kappa shape index (κ2) is 13.1. The molecule has 3 aromatic carbocycles. The second-order valence-corrected chi connectivity index (χ2v) is 10.7. The van der Waals surface area contributed by atoms with Crippen molar-refractivity contribution in [2.24, 2.45) is 0 Å². The van der Waals surface area contributed by atoms with Gasteiger partial charge in [-0.05, 0) is 79.4 Å². The maximum atomic E-state index is 13.0. The number of hydrogen-bond acceptors (Lipinski definition) is 6. The van der Waals surface area contributed by atoms with Crippen LogP contribution in [0.25, 0.3) is 0 Å². The Balaban J connectivity index is 0.00000456. The molecule has 2 atom stereocenters. The highest BCUT2D eigenvalue weighted by Gasteiger charge is 2.19. The molecule has 0 saturated heterocycles. The Morgan fingerprint density at radius 3 is 2.33 bits per heavy atom. The summed E-state index contributed by atoms with van der Waals surface area (Å²) in [5.41, 5.74) is 2.22. The predicted octanol–water partition coefficient (Wildman–Crippen LogP) is 4.62. The Morgan fingerprint density at radius 2 is 1.72 bits per heavy atom. The van der Waals surface area contributed by atoms with Crippen molar-refractivity contribution in [1.29, 1.82) is 0 Å². The van der Waals surface area contributed by atoms with Gasteiger partial charge in [-0.1, -0.05) is 35.9 Å². The second-order valence-electron chi connectivity index (χ2n) is 8.34. The highest BCUT2D eigenvalue weighted by Crippen LogP contribution is 2.27. The van der Waals surface area contributed by atoms with Crippen LogP contribution in [-0.2, 0) is 21.1 Å². The Morgan fingerprint density at radius 1 is 1.06 bits per heavy atom. The SMILES string of the molecule is Cc1cc(S(=O)(=O)c2ccc(C[C@@H](C)NC[C@H](O)c3cccc(Cl)c3)cc2)ccc1OCC(=O)O.Cl. The third-order valence-electron chi connectivity index (χ3n) is 5.48. The number of carboxylic acid groups (broad SMARTS) is 1. The lowest BCUT2D eigenvalue weighted by Crippen LogP contribution is -2.32. The van der Waals surface area contributed by atoms with Gasteiger partial charge in [-0.3, -0.25) is 0 Å². The molecule has 0 aliphatic heterocycles. The first-order valence-electron chi connectivity index (χ1n) is 11.0. The molecule has 0 spiro atoms. The highest BCUT2D eigenvalue weighted by atomic mass is 35.5. The fraction of sp³-hybridized carbons (Fsp3) is 0.269. The largest absolute Gasteiger partial charge is 0.482 e. The van der Waals surface area contributed by atoms with E-state index in [4.69, 9.17) is 21.4 Å². The minimum atomic E-state index is -3.74. The van der Waals surface area contributed by atoms with E-state index in [9.17, 15) is 18.3 Å². The molecule has 0 amide bonds. The van der Waals surface area contributed by atoms with E-state index in [1.54, 1.807) is 49.4 Å². The molecule has 0 unspecified atom stereocenters. The number of aryl methyl sites for hydroxylation is 1. The van der Waals surface area contributed by atoms with Crippen LogP contribution in [0, 0.1) is 6.92 Å². The van der Waals surface area contributed by atoms with Gasteiger partial charge < -0.3 is 20.3 Å². The fourth-order valence-electron chi connectivity index (χ4n) is 3.60. The number of hydrogen-bond donors (Lipinski definition) is 3. The number of sulfone groups is 1. The number of carboxylic acids is 1. The molecule has 36 heavy (non-hydrogen) atoms. The number of aliphatic hydroxyl groups is 1. The molecule has 0 bridgehead atoms. The Hall–Kier alpha value is -2.62. The number of ether oxygens (including phenoxy) is 1. The molecular weight excluding hydrogens is 525 g/mol. The maximum absolute atomic E-state index is 13.0. The molecule has 10 heteroatoms. The van der Waals surface area contributed by atoms with E-state index in [1.807, 2.05) is 13.0 Å². The van der Waals surface area contributed by atoms with Crippen molar-refractivity contribution < 1.29 is 28.2 Å². The smallest absolute Gasteiger partial charge is 0.341 e. The molecule has 0 aliphatic rings. The van der Waals surface area contributed by atoms with Gasteiger partial charge in [0.25, 0.3) is 0 Å². The average molecular weight is 554 g/mol. The van der Waals surface area contributed by atoms with Crippen molar-refractivity contribution >= 4 is 39.8 Å². The van der Waals surface area contributed by atoms with Crippen LogP contribution in [0.15, 0.2) is 76.5 Å². The van der Waals surface area contributed by atoms with Crippen LogP contribution in [0.4, 0.5) is 0 Å². The number of rotatable bonds is 11. The standard InChI is InChI=1S/C26H28ClNO6S.ClH/c1-17-12-23(10-11-25(17)34-16-26(30)31)35(32,33)22-8-6-19(7-9-22)13-18(2)28-15-24(29)20-4-3-5-21(27)14-20;/h3-12,14,18,24,28-29H,13,15-16H2,1-2H3,(H,30,31);1H/t18-,24+;/m1./s1. The van der Waals surface area contributed by atoms with E-state index in [1.165, 1.54) is 18.2 Å². The van der Waals surface area contributed by atoms with E-state index in [-0.39, 0.29) is 28.2 Å². The van der Waals surface area contributed by atoms with Gasteiger partial charge in [-0.15, -0.1) is 12.4 Å². The summed E-state index contributed by atoms with van der Waals surface area (Å²) in [5, 5.41) is 23.0. The summed E-state index contributed by atoms with van der Waals surface area (Å²) in [6.45, 7) is 3.52. The number of carbonyl (C=O) groups is 1. The summed E-state index contributed by atoms with van der Waals surface area (Å²) in [4.78, 5) is 11.0. The van der Waals surface area contributed by atoms with E-state index < -0.39 is 28.5 Å². The fourth-order valence-corrected chi connectivity index (χ4v) is 5.15. The summed E-state index contributed by atoms with van der Waals surface area (Å²) in [6, 6.07) is 18.2. The number of aliphatic carboxylic acids is 1. The normalized spacial score (nSPS) is 12.9. The molecule has 7 nitrogen and oxygen atoms in total. The van der Waals surface area contributed by atoms with Gasteiger partial charge in [0.05, 0.1) is 15.9 Å². The first kappa shape index (κ1) is 29.6. The van der Waals surface area contributed by atoms with E-state index in [2.05, 4.69) is 5.32 Å². The number of aliphatic hydroxyl groups excluding tert-OH is 1. The third-order valence-corrected chi connectivity index (χ3v) is 7.48. The van der Waals surface area contributed by atoms with E-state index in [0.29, 0.717) is 29.3 Å². The van der Waals surface area contributed by atoms with E-state index >= 15 is 0 Å². The first-order chi connectivity index (χ1) is 16.6. The molecule has 0 heterocycles. The van der Waals surface area contributed by atoms with Gasteiger partial charge in [0.2, 0.25) is 9.84 Å². The van der Waals surface area contributed by atoms with Crippen molar-refractivity contribution in [2.45, 2.75) is 42.2 Å². The maximum Gasteiger partial charge on any atom is 0.341 e. The Kier molecular flexibility index (Phi) is 10.8. The monoisotopic (exact) mass is 553 g/mol. The lowest BCUT2D eigenvalue weighted by molar-refractivity contribution is -0.139. The summed E-state index contributed by atoms with van der Waals surface area (Å²) in [5.74, 6) is -0.786. The molecule has 3 rings (SSSR count). The number of nitrogens with one attached hydrogen (secondary N) is 1. The minimum absolute atomic E-state index is 0. The van der Waals surface area contributed by atoms with Crippen molar-refractivity contribution in [3.05, 3.63) is 88.4 Å². The summed E-state index contributed by atoms with van der Waals surface area (Å²) in [7, 11) is -3.74. The molecule has 3 aromatic rings. The van der Waals surface area contributed by atoms with Crippen LogP contribution in [0.5, 0.6) is 5.75 Å². The molecule has 194 valence electrons. The number of halogens is 2.